The maximum absolute atomic E-state index is 12.7. The van der Waals surface area contributed by atoms with Crippen molar-refractivity contribution in [1.29, 1.82) is 0 Å². The summed E-state index contributed by atoms with van der Waals surface area (Å²) in [4.78, 5) is 30.9. The molecule has 3 aromatic rings. The van der Waals surface area contributed by atoms with Gasteiger partial charge in [0.2, 0.25) is 17.8 Å². The van der Waals surface area contributed by atoms with E-state index in [2.05, 4.69) is 10.3 Å². The molecule has 9 heteroatoms. The van der Waals surface area contributed by atoms with Crippen LogP contribution in [-0.2, 0) is 14.3 Å². The molecule has 0 aliphatic heterocycles. The van der Waals surface area contributed by atoms with Gasteiger partial charge in [0, 0.05) is 36.1 Å². The lowest BCUT2D eigenvalue weighted by Gasteiger charge is -2.19. The number of benzene rings is 2. The molecule has 0 saturated carbocycles. The molecular weight excluding hydrogens is 432 g/mol. The summed E-state index contributed by atoms with van der Waals surface area (Å²) in [7, 11) is 3.04. The van der Waals surface area contributed by atoms with E-state index in [1.807, 2.05) is 42.6 Å². The van der Waals surface area contributed by atoms with Crippen LogP contribution in [0.3, 0.4) is 0 Å². The van der Waals surface area contributed by atoms with Gasteiger partial charge in [0.05, 0.1) is 12.8 Å². The van der Waals surface area contributed by atoms with E-state index in [1.54, 1.807) is 30.7 Å². The third-order valence-corrected chi connectivity index (χ3v) is 5.04. The van der Waals surface area contributed by atoms with Crippen molar-refractivity contribution in [1.82, 2.24) is 14.5 Å². The van der Waals surface area contributed by atoms with Gasteiger partial charge in [-0.15, -0.1) is 0 Å². The van der Waals surface area contributed by atoms with E-state index in [0.717, 1.165) is 11.3 Å². The largest absolute Gasteiger partial charge is 0.497 e. The monoisotopic (exact) mass is 456 g/mol. The maximum atomic E-state index is 12.7. The Kier molecular flexibility index (Phi) is 7.86. The minimum absolute atomic E-state index is 0.0810. The third-order valence-electron chi connectivity index (χ3n) is 4.78. The van der Waals surface area contributed by atoms with Crippen molar-refractivity contribution in [3.8, 4) is 22.7 Å². The summed E-state index contributed by atoms with van der Waals surface area (Å²) >= 11 is 6.00. The summed E-state index contributed by atoms with van der Waals surface area (Å²) in [5.41, 5.74) is 2.30. The van der Waals surface area contributed by atoms with E-state index in [0.29, 0.717) is 29.0 Å². The molecule has 0 radical (unpaired) electrons. The van der Waals surface area contributed by atoms with Gasteiger partial charge in [0.15, 0.2) is 0 Å². The van der Waals surface area contributed by atoms with E-state index in [9.17, 15) is 9.59 Å². The number of likely N-dealkylation sites (N-methyl/N-ethyl adjacent to an activating group) is 1. The number of carbonyl (C=O) groups excluding carboxylic acids is 2. The first-order valence-electron chi connectivity index (χ1n) is 10.0. The quantitative estimate of drug-likeness (QED) is 0.531. The van der Waals surface area contributed by atoms with Crippen molar-refractivity contribution in [2.24, 2.45) is 0 Å². The van der Waals surface area contributed by atoms with Gasteiger partial charge in [0.25, 0.3) is 0 Å². The lowest BCUT2D eigenvalue weighted by atomic mass is 10.2. The topological polar surface area (TPSA) is 85.7 Å². The molecule has 0 atom stereocenters. The number of amides is 2. The average Bonchev–Trinajstić information content (AvgIpc) is 3.21. The molecule has 0 aliphatic rings. The normalized spacial score (nSPS) is 10.6. The SMILES string of the molecule is CCN(CC(=O)Nc1nc(-c2ccc(Cl)cc2)cn1-c1ccc(OC)cc1)C(=O)COC. The number of ether oxygens (including phenoxy) is 2. The predicted octanol–water partition coefficient (Wildman–Crippen LogP) is 3.63. The molecule has 8 nitrogen and oxygen atoms in total. The molecule has 0 spiro atoms. The van der Waals surface area contributed by atoms with Crippen molar-refractivity contribution >= 4 is 29.4 Å². The number of halogens is 1. The fraction of sp³-hybridized carbons (Fsp3) is 0.261. The molecule has 0 bridgehead atoms. The molecule has 1 heterocycles. The molecule has 1 N–H and O–H groups in total. The van der Waals surface area contributed by atoms with Gasteiger partial charge >= 0.3 is 0 Å². The number of rotatable bonds is 9. The molecule has 0 aliphatic carbocycles. The zero-order valence-electron chi connectivity index (χ0n) is 18.2. The average molecular weight is 457 g/mol. The Hall–Kier alpha value is -3.36. The van der Waals surface area contributed by atoms with Gasteiger partial charge in [-0.1, -0.05) is 23.7 Å². The number of imidazole rings is 1. The molecule has 0 unspecified atom stereocenters. The van der Waals surface area contributed by atoms with Crippen LogP contribution in [0.4, 0.5) is 5.95 Å². The Morgan fingerprint density at radius 2 is 1.78 bits per heavy atom. The molecule has 1 aromatic heterocycles. The van der Waals surface area contributed by atoms with E-state index in [-0.39, 0.29) is 25.0 Å². The van der Waals surface area contributed by atoms with Crippen LogP contribution in [0.25, 0.3) is 16.9 Å². The van der Waals surface area contributed by atoms with Gasteiger partial charge in [-0.2, -0.15) is 0 Å². The Labute approximate surface area is 191 Å². The number of hydrogen-bond acceptors (Lipinski definition) is 5. The van der Waals surface area contributed by atoms with Crippen molar-refractivity contribution in [3.05, 3.63) is 59.8 Å². The van der Waals surface area contributed by atoms with Crippen molar-refractivity contribution in [2.45, 2.75) is 6.92 Å². The Bertz CT molecular complexity index is 1060. The van der Waals surface area contributed by atoms with Gasteiger partial charge in [-0.3, -0.25) is 19.5 Å². The summed E-state index contributed by atoms with van der Waals surface area (Å²) in [5.74, 6) is 0.429. The lowest BCUT2D eigenvalue weighted by Crippen LogP contribution is -2.39. The van der Waals surface area contributed by atoms with Gasteiger partial charge in [-0.05, 0) is 43.3 Å². The van der Waals surface area contributed by atoms with Crippen LogP contribution in [0.1, 0.15) is 6.92 Å². The van der Waals surface area contributed by atoms with Crippen LogP contribution in [0.5, 0.6) is 5.75 Å². The molecule has 168 valence electrons. The summed E-state index contributed by atoms with van der Waals surface area (Å²) in [6.45, 7) is 2.00. The van der Waals surface area contributed by atoms with E-state index in [1.165, 1.54) is 12.0 Å². The van der Waals surface area contributed by atoms with Crippen LogP contribution in [0.2, 0.25) is 5.02 Å². The first-order valence-corrected chi connectivity index (χ1v) is 10.4. The smallest absolute Gasteiger partial charge is 0.249 e. The standard InChI is InChI=1S/C23H25ClN4O4/c1-4-27(22(30)15-31-2)14-21(29)26-23-25-20(16-5-7-17(24)8-6-16)13-28(23)18-9-11-19(32-3)12-10-18/h5-13H,4,14-15H2,1-3H3,(H,25,26,29). The second kappa shape index (κ2) is 10.8. The summed E-state index contributed by atoms with van der Waals surface area (Å²) in [6.07, 6.45) is 1.83. The molecular formula is C23H25ClN4O4. The van der Waals surface area contributed by atoms with E-state index >= 15 is 0 Å². The highest BCUT2D eigenvalue weighted by Gasteiger charge is 2.18. The van der Waals surface area contributed by atoms with Gasteiger partial charge in [-0.25, -0.2) is 4.98 Å². The number of aromatic nitrogens is 2. The van der Waals surface area contributed by atoms with Gasteiger partial charge in [0.1, 0.15) is 18.9 Å². The molecule has 3 rings (SSSR count). The minimum atomic E-state index is -0.362. The zero-order valence-corrected chi connectivity index (χ0v) is 18.9. The first kappa shape index (κ1) is 23.3. The van der Waals surface area contributed by atoms with Crippen molar-refractivity contribution in [3.63, 3.8) is 0 Å². The molecule has 2 amide bonds. The highest BCUT2D eigenvalue weighted by atomic mass is 35.5. The highest BCUT2D eigenvalue weighted by Crippen LogP contribution is 2.26. The second-order valence-electron chi connectivity index (χ2n) is 6.91. The fourth-order valence-corrected chi connectivity index (χ4v) is 3.22. The number of nitrogens with zero attached hydrogens (tertiary/aromatic N) is 3. The summed E-state index contributed by atoms with van der Waals surface area (Å²) < 4.78 is 11.9. The zero-order chi connectivity index (χ0) is 23.1. The molecule has 32 heavy (non-hydrogen) atoms. The number of hydrogen-bond donors (Lipinski definition) is 1. The van der Waals surface area contributed by atoms with E-state index in [4.69, 9.17) is 21.1 Å². The van der Waals surface area contributed by atoms with E-state index < -0.39 is 0 Å². The van der Waals surface area contributed by atoms with Gasteiger partial charge < -0.3 is 14.4 Å². The van der Waals surface area contributed by atoms with Crippen LogP contribution >= 0.6 is 11.6 Å². The van der Waals surface area contributed by atoms with Crippen LogP contribution in [0.15, 0.2) is 54.7 Å². The second-order valence-corrected chi connectivity index (χ2v) is 7.35. The fourth-order valence-electron chi connectivity index (χ4n) is 3.10. The minimum Gasteiger partial charge on any atom is -0.497 e. The number of methoxy groups -OCH3 is 2. The van der Waals surface area contributed by atoms with Crippen LogP contribution in [-0.4, -0.2) is 60.2 Å². The Morgan fingerprint density at radius 3 is 2.38 bits per heavy atom. The number of anilines is 1. The van der Waals surface area contributed by atoms with Crippen molar-refractivity contribution < 1.29 is 19.1 Å². The van der Waals surface area contributed by atoms with Crippen molar-refractivity contribution in [2.75, 3.05) is 39.2 Å². The third kappa shape index (κ3) is 5.66. The number of nitrogens with one attached hydrogen (secondary N) is 1. The number of carbonyl (C=O) groups is 2. The van der Waals surface area contributed by atoms with Crippen LogP contribution < -0.4 is 10.1 Å². The predicted molar refractivity (Wildman–Crippen MR) is 123 cm³/mol. The molecule has 0 saturated heterocycles. The summed E-state index contributed by atoms with van der Waals surface area (Å²) in [6, 6.07) is 14.7. The Morgan fingerprint density at radius 1 is 1.09 bits per heavy atom. The molecule has 0 fully saturated rings. The maximum Gasteiger partial charge on any atom is 0.249 e. The lowest BCUT2D eigenvalue weighted by molar-refractivity contribution is -0.137. The van der Waals surface area contributed by atoms with Crippen LogP contribution in [0, 0.1) is 0 Å². The molecule has 2 aromatic carbocycles. The highest BCUT2D eigenvalue weighted by molar-refractivity contribution is 6.30. The first-order chi connectivity index (χ1) is 15.4. The Balaban J connectivity index is 1.90. The summed E-state index contributed by atoms with van der Waals surface area (Å²) in [5, 5.41) is 3.44.